The number of amides is 2. The quantitative estimate of drug-likeness (QED) is 0.906. The maximum Gasteiger partial charge on any atom is 0.431 e. The van der Waals surface area contributed by atoms with E-state index in [9.17, 15) is 22.8 Å². The zero-order valence-electron chi connectivity index (χ0n) is 10.4. The zero-order valence-corrected chi connectivity index (χ0v) is 10.4. The summed E-state index contributed by atoms with van der Waals surface area (Å²) in [6.45, 7) is 1.26. The number of rotatable bonds is 2. The first-order valence-corrected chi connectivity index (χ1v) is 5.63. The van der Waals surface area contributed by atoms with Gasteiger partial charge in [0.25, 0.3) is 5.91 Å². The number of para-hydroxylation sites is 2. The molecular weight excluding hydrogens is 275 g/mol. The number of hydrogen-bond acceptors (Lipinski definition) is 3. The normalized spacial score (nSPS) is 15.3. The summed E-state index contributed by atoms with van der Waals surface area (Å²) in [5.74, 6) is -1.20. The van der Waals surface area contributed by atoms with Crippen molar-refractivity contribution in [1.82, 2.24) is 0 Å². The lowest BCUT2D eigenvalue weighted by Crippen LogP contribution is -2.22. The Hall–Kier alpha value is -2.38. The minimum atomic E-state index is -4.65. The Morgan fingerprint density at radius 3 is 2.55 bits per heavy atom. The zero-order chi connectivity index (χ0) is 14.9. The Balaban J connectivity index is 2.39. The van der Waals surface area contributed by atoms with Crippen molar-refractivity contribution >= 4 is 28.9 Å². The molecule has 20 heavy (non-hydrogen) atoms. The predicted octanol–water partition coefficient (Wildman–Crippen LogP) is 2.30. The second kappa shape index (κ2) is 4.95. The van der Waals surface area contributed by atoms with E-state index in [0.29, 0.717) is 5.01 Å². The van der Waals surface area contributed by atoms with Gasteiger partial charge >= 0.3 is 6.18 Å². The highest BCUT2D eigenvalue weighted by atomic mass is 19.4. The van der Waals surface area contributed by atoms with Crippen LogP contribution in [0.4, 0.5) is 24.5 Å². The van der Waals surface area contributed by atoms with E-state index < -0.39 is 30.1 Å². The second-order valence-electron chi connectivity index (χ2n) is 4.13. The van der Waals surface area contributed by atoms with Gasteiger partial charge in [-0.1, -0.05) is 12.1 Å². The summed E-state index contributed by atoms with van der Waals surface area (Å²) in [5, 5.41) is 6.40. The van der Waals surface area contributed by atoms with Crippen molar-refractivity contribution in [3.05, 3.63) is 24.3 Å². The van der Waals surface area contributed by atoms with Gasteiger partial charge in [0.05, 0.1) is 17.8 Å². The largest absolute Gasteiger partial charge is 0.431 e. The third kappa shape index (κ3) is 2.79. The molecule has 2 amide bonds. The van der Waals surface area contributed by atoms with Crippen molar-refractivity contribution in [2.75, 3.05) is 10.3 Å². The fourth-order valence-electron chi connectivity index (χ4n) is 1.73. The summed E-state index contributed by atoms with van der Waals surface area (Å²) >= 11 is 0. The molecule has 0 atom stereocenters. The van der Waals surface area contributed by atoms with Crippen LogP contribution in [0.25, 0.3) is 0 Å². The molecule has 1 heterocycles. The van der Waals surface area contributed by atoms with Crippen LogP contribution < -0.4 is 10.3 Å². The van der Waals surface area contributed by atoms with Crippen molar-refractivity contribution in [1.29, 1.82) is 0 Å². The van der Waals surface area contributed by atoms with Gasteiger partial charge in [-0.25, -0.2) is 0 Å². The Bertz CT molecular complexity index is 596. The number of nitrogens with zero attached hydrogens (tertiary/aromatic N) is 2. The van der Waals surface area contributed by atoms with Gasteiger partial charge in [0.1, 0.15) is 0 Å². The van der Waals surface area contributed by atoms with Gasteiger partial charge < -0.3 is 5.32 Å². The first-order valence-electron chi connectivity index (χ1n) is 5.63. The van der Waals surface area contributed by atoms with E-state index >= 15 is 0 Å². The number of hydrazone groups is 1. The first kappa shape index (κ1) is 14.0. The van der Waals surface area contributed by atoms with E-state index in [0.717, 1.165) is 0 Å². The van der Waals surface area contributed by atoms with E-state index in [1.165, 1.54) is 25.1 Å². The topological polar surface area (TPSA) is 61.8 Å². The molecule has 0 aliphatic carbocycles. The van der Waals surface area contributed by atoms with Crippen molar-refractivity contribution in [3.8, 4) is 0 Å². The lowest BCUT2D eigenvalue weighted by Gasteiger charge is -2.16. The van der Waals surface area contributed by atoms with Gasteiger partial charge in [-0.05, 0) is 12.1 Å². The molecule has 0 saturated carbocycles. The molecule has 0 bridgehead atoms. The summed E-state index contributed by atoms with van der Waals surface area (Å²) in [6.07, 6.45) is -5.45. The molecule has 0 spiro atoms. The predicted molar refractivity (Wildman–Crippen MR) is 66.3 cm³/mol. The van der Waals surface area contributed by atoms with Gasteiger partial charge in [-0.3, -0.25) is 9.59 Å². The Morgan fingerprint density at radius 1 is 1.35 bits per heavy atom. The highest BCUT2D eigenvalue weighted by Crippen LogP contribution is 2.32. The average Bonchev–Trinajstić information content (AvgIpc) is 2.71. The van der Waals surface area contributed by atoms with Crippen molar-refractivity contribution in [3.63, 3.8) is 0 Å². The summed E-state index contributed by atoms with van der Waals surface area (Å²) in [7, 11) is 0. The summed E-state index contributed by atoms with van der Waals surface area (Å²) in [4.78, 5) is 22.7. The van der Waals surface area contributed by atoms with Gasteiger partial charge in [0.15, 0.2) is 5.71 Å². The maximum absolute atomic E-state index is 12.6. The number of carbonyl (C=O) groups excluding carboxylic acids is 2. The molecule has 1 N–H and O–H groups in total. The van der Waals surface area contributed by atoms with Crippen LogP contribution in [0.3, 0.4) is 0 Å². The highest BCUT2D eigenvalue weighted by molar-refractivity contribution is 6.16. The van der Waals surface area contributed by atoms with Crippen LogP contribution in [0.1, 0.15) is 13.3 Å². The average molecular weight is 285 g/mol. The summed E-state index contributed by atoms with van der Waals surface area (Å²) < 4.78 is 37.7. The van der Waals surface area contributed by atoms with Gasteiger partial charge in [0.2, 0.25) is 5.91 Å². The van der Waals surface area contributed by atoms with Crippen LogP contribution in [0.2, 0.25) is 0 Å². The van der Waals surface area contributed by atoms with Gasteiger partial charge in [0, 0.05) is 6.92 Å². The van der Waals surface area contributed by atoms with Crippen molar-refractivity contribution < 1.29 is 22.8 Å². The number of benzene rings is 1. The molecule has 1 aliphatic heterocycles. The van der Waals surface area contributed by atoms with Crippen LogP contribution in [0.5, 0.6) is 0 Å². The molecule has 8 heteroatoms. The monoisotopic (exact) mass is 285 g/mol. The highest BCUT2D eigenvalue weighted by Gasteiger charge is 2.43. The molecule has 1 aliphatic rings. The molecule has 0 saturated heterocycles. The van der Waals surface area contributed by atoms with Crippen LogP contribution >= 0.6 is 0 Å². The van der Waals surface area contributed by atoms with E-state index in [4.69, 9.17) is 0 Å². The number of carbonyl (C=O) groups is 2. The van der Waals surface area contributed by atoms with Gasteiger partial charge in [-0.2, -0.15) is 23.3 Å². The van der Waals surface area contributed by atoms with Crippen LogP contribution in [0, 0.1) is 0 Å². The second-order valence-corrected chi connectivity index (χ2v) is 4.13. The first-order chi connectivity index (χ1) is 9.29. The van der Waals surface area contributed by atoms with Crippen LogP contribution in [-0.4, -0.2) is 23.7 Å². The molecule has 0 aromatic heterocycles. The van der Waals surface area contributed by atoms with Crippen LogP contribution in [-0.2, 0) is 9.59 Å². The fourth-order valence-corrected chi connectivity index (χ4v) is 1.73. The molecule has 2 rings (SSSR count). The lowest BCUT2D eigenvalue weighted by molar-refractivity contribution is -0.117. The molecular formula is C12H10F3N3O2. The van der Waals surface area contributed by atoms with E-state index in [2.05, 4.69) is 10.4 Å². The molecule has 1 aromatic rings. The smallest absolute Gasteiger partial charge is 0.324 e. The Morgan fingerprint density at radius 2 is 2.00 bits per heavy atom. The van der Waals surface area contributed by atoms with Crippen molar-refractivity contribution in [2.24, 2.45) is 5.10 Å². The third-order valence-electron chi connectivity index (χ3n) is 2.55. The standard InChI is InChI=1S/C12H10F3N3O2/c1-7(19)16-8-4-2-3-5-9(8)18-11(20)6-10(17-18)12(13,14)15/h2-5H,6H2,1H3,(H,16,19). The number of halogens is 3. The third-order valence-corrected chi connectivity index (χ3v) is 2.55. The molecule has 5 nitrogen and oxygen atoms in total. The molecule has 106 valence electrons. The SMILES string of the molecule is CC(=O)Nc1ccccc1N1N=C(C(F)(F)F)CC1=O. The van der Waals surface area contributed by atoms with E-state index in [1.54, 1.807) is 6.07 Å². The molecule has 1 aromatic carbocycles. The minimum absolute atomic E-state index is 0.104. The van der Waals surface area contributed by atoms with E-state index in [-0.39, 0.29) is 11.4 Å². The number of hydrogen-bond donors (Lipinski definition) is 1. The lowest BCUT2D eigenvalue weighted by atomic mass is 10.2. The summed E-state index contributed by atoms with van der Waals surface area (Å²) in [5.41, 5.74) is -0.826. The molecule has 0 unspecified atom stereocenters. The number of anilines is 2. The fraction of sp³-hybridized carbons (Fsp3) is 0.250. The van der Waals surface area contributed by atoms with E-state index in [1.807, 2.05) is 0 Å². The van der Waals surface area contributed by atoms with Gasteiger partial charge in [-0.15, -0.1) is 0 Å². The number of alkyl halides is 3. The maximum atomic E-state index is 12.6. The number of nitrogens with one attached hydrogen (secondary N) is 1. The summed E-state index contributed by atoms with van der Waals surface area (Å²) in [6, 6.07) is 6.01. The Kier molecular flexibility index (Phi) is 3.47. The minimum Gasteiger partial charge on any atom is -0.324 e. The molecule has 0 radical (unpaired) electrons. The van der Waals surface area contributed by atoms with Crippen molar-refractivity contribution in [2.45, 2.75) is 19.5 Å². The molecule has 0 fully saturated rings. The van der Waals surface area contributed by atoms with Crippen LogP contribution in [0.15, 0.2) is 29.4 Å². The Labute approximate surface area is 112 Å².